The Bertz CT molecular complexity index is 2750. The molecule has 14 nitrogen and oxygen atoms in total. The first-order chi connectivity index (χ1) is 34.6. The van der Waals surface area contributed by atoms with E-state index in [4.69, 9.17) is 43.4 Å². The largest absolute Gasteiger partial charge is 0.495 e. The van der Waals surface area contributed by atoms with Crippen LogP contribution >= 0.6 is 34.8 Å². The Kier molecular flexibility index (Phi) is 25.7. The molecule has 17 heteroatoms. The molecule has 0 radical (unpaired) electrons. The minimum absolute atomic E-state index is 0. The highest BCUT2D eigenvalue weighted by atomic mass is 35.5. The summed E-state index contributed by atoms with van der Waals surface area (Å²) >= 11 is 17.1. The van der Waals surface area contributed by atoms with Crippen molar-refractivity contribution in [1.82, 2.24) is 24.4 Å². The first-order valence-corrected chi connectivity index (χ1v) is 25.3. The number of carbonyl (C=O) groups excluding carboxylic acids is 4. The van der Waals surface area contributed by atoms with Gasteiger partial charge in [0.05, 0.1) is 46.7 Å². The van der Waals surface area contributed by atoms with Crippen molar-refractivity contribution in [2.45, 2.75) is 106 Å². The lowest BCUT2D eigenvalue weighted by Crippen LogP contribution is -2.25. The summed E-state index contributed by atoms with van der Waals surface area (Å²) in [6, 6.07) is 26.1. The molecular formula is C57H73Cl3N6O8. The molecule has 6 aromatic rings. The summed E-state index contributed by atoms with van der Waals surface area (Å²) < 4.78 is 14.7. The number of ketones is 2. The Hall–Kier alpha value is -5.87. The van der Waals surface area contributed by atoms with Crippen LogP contribution in [0.25, 0.3) is 22.5 Å². The third-order valence-corrected chi connectivity index (χ3v) is 12.3. The smallest absolute Gasteiger partial charge is 0.218 e. The van der Waals surface area contributed by atoms with E-state index in [1.165, 1.54) is 21.0 Å². The number of nitrogens with zero attached hydrogens (tertiary/aromatic N) is 4. The number of benzene rings is 4. The zero-order valence-electron chi connectivity index (χ0n) is 43.1. The third-order valence-electron chi connectivity index (χ3n) is 11.7. The average molecular weight is 1080 g/mol. The van der Waals surface area contributed by atoms with Crippen molar-refractivity contribution in [2.75, 3.05) is 20.3 Å². The molecule has 0 bridgehead atoms. The fourth-order valence-electron chi connectivity index (χ4n) is 8.27. The molecule has 0 aliphatic heterocycles. The summed E-state index contributed by atoms with van der Waals surface area (Å²) in [7, 11) is 5.39. The number of aromatic nitrogens is 4. The molecule has 2 heterocycles. The minimum Gasteiger partial charge on any atom is -0.495 e. The first kappa shape index (κ1) is 62.4. The van der Waals surface area contributed by atoms with Crippen LogP contribution in [-0.2, 0) is 36.5 Å². The van der Waals surface area contributed by atoms with E-state index >= 15 is 0 Å². The summed E-state index contributed by atoms with van der Waals surface area (Å²) in [6.45, 7) is 10.5. The number of aliphatic hydroxyl groups excluding tert-OH is 2. The number of halogens is 3. The van der Waals surface area contributed by atoms with Crippen LogP contribution in [0.4, 0.5) is 0 Å². The molecule has 6 rings (SSSR count). The number of nitrogens with one attached hydrogen (secondary N) is 1. The van der Waals surface area contributed by atoms with Gasteiger partial charge < -0.3 is 39.9 Å². The fraction of sp³-hybridized carbons (Fsp3) is 0.404. The van der Waals surface area contributed by atoms with E-state index in [2.05, 4.69) is 34.0 Å². The SMILES string of the molecule is C.CC(=O)Cl.CC(=O)NC(C)c1nc(-c2ccc(C[C@@H](CCO)CC(=O)c3ccc(OC(C)C)c(Cl)c3)cc2)cn1C.COc1ccc(C(=O)C[C@H](CCO)Cc2ccc(-c3cn(C)c(C(C)N)n3)cc2)cc1Cl. The van der Waals surface area contributed by atoms with Crippen molar-refractivity contribution < 1.29 is 38.9 Å². The fourth-order valence-corrected chi connectivity index (χ4v) is 8.75. The number of imidazole rings is 2. The number of hydrogen-bond acceptors (Lipinski definition) is 11. The highest BCUT2D eigenvalue weighted by Crippen LogP contribution is 2.31. The number of Topliss-reactive ketones (excluding diaryl/α,β-unsaturated/α-hetero) is 2. The lowest BCUT2D eigenvalue weighted by atomic mass is 9.89. The quantitative estimate of drug-likeness (QED) is 0.0372. The predicted molar refractivity (Wildman–Crippen MR) is 296 cm³/mol. The topological polar surface area (TPSA) is 201 Å². The van der Waals surface area contributed by atoms with Crippen LogP contribution in [0, 0.1) is 11.8 Å². The number of ether oxygens (including phenoxy) is 2. The molecule has 0 fully saturated rings. The molecule has 4 aromatic carbocycles. The van der Waals surface area contributed by atoms with E-state index in [1.54, 1.807) is 36.4 Å². The van der Waals surface area contributed by atoms with Gasteiger partial charge in [0.15, 0.2) is 11.6 Å². The number of rotatable bonds is 22. The van der Waals surface area contributed by atoms with Gasteiger partial charge in [0.2, 0.25) is 11.1 Å². The summed E-state index contributed by atoms with van der Waals surface area (Å²) in [6.07, 6.45) is 7.00. The van der Waals surface area contributed by atoms with Gasteiger partial charge in [0.1, 0.15) is 23.1 Å². The van der Waals surface area contributed by atoms with Crippen molar-refractivity contribution >= 4 is 57.5 Å². The van der Waals surface area contributed by atoms with Gasteiger partial charge in [-0.3, -0.25) is 19.2 Å². The second kappa shape index (κ2) is 30.5. The Morgan fingerprint density at radius 3 is 1.43 bits per heavy atom. The molecule has 0 saturated heterocycles. The molecule has 5 N–H and O–H groups in total. The van der Waals surface area contributed by atoms with Crippen LogP contribution < -0.4 is 20.5 Å². The summed E-state index contributed by atoms with van der Waals surface area (Å²) in [5.74, 6) is 2.62. The zero-order chi connectivity index (χ0) is 53.9. The Morgan fingerprint density at radius 2 is 1.08 bits per heavy atom. The van der Waals surface area contributed by atoms with Gasteiger partial charge in [-0.2, -0.15) is 0 Å². The minimum atomic E-state index is -0.361. The highest BCUT2D eigenvalue weighted by molar-refractivity contribution is 6.62. The second-order valence-corrected chi connectivity index (χ2v) is 19.7. The predicted octanol–water partition coefficient (Wildman–Crippen LogP) is 11.5. The van der Waals surface area contributed by atoms with Gasteiger partial charge in [-0.25, -0.2) is 9.97 Å². The van der Waals surface area contributed by atoms with Gasteiger partial charge >= 0.3 is 0 Å². The normalized spacial score (nSPS) is 12.4. The van der Waals surface area contributed by atoms with Gasteiger partial charge in [-0.15, -0.1) is 0 Å². The molecule has 400 valence electrons. The summed E-state index contributed by atoms with van der Waals surface area (Å²) in [5.41, 5.74) is 12.9. The number of hydrogen-bond donors (Lipinski definition) is 4. The van der Waals surface area contributed by atoms with Gasteiger partial charge in [0, 0.05) is 88.6 Å². The molecular weight excluding hydrogens is 1000 g/mol. The summed E-state index contributed by atoms with van der Waals surface area (Å²) in [4.78, 5) is 55.7. The number of amides is 1. The molecule has 0 aliphatic rings. The average Bonchev–Trinajstić information content (AvgIpc) is 3.92. The molecule has 4 atom stereocenters. The maximum atomic E-state index is 13.0. The number of aryl methyl sites for hydroxylation is 2. The molecule has 0 spiro atoms. The monoisotopic (exact) mass is 1070 g/mol. The standard InChI is InChI=1S/C29H36ClN3O4.C25H30ClN3O3.C2H3ClO.CH4/c1-18(2)37-28-11-10-24(16-25(28)30)27(36)15-22(12-13-34)14-21-6-8-23(9-7-21)26-17-33(5)29(32-26)19(3)31-20(4)35;1-16(27)25-28-22(15-29(25)2)19-6-4-17(5-7-19)12-18(10-11-30)13-23(31)20-8-9-24(32-3)21(26)14-20;1-2(3)4;/h6-11,16-19,22,34H,12-15H2,1-5H3,(H,31,35);4-9,14-16,18,30H,10-13,27H2,1-3H3;1H3;1H4/t19?,22-;16?,18-;;/m11../s1. The zero-order valence-corrected chi connectivity index (χ0v) is 45.4. The van der Waals surface area contributed by atoms with E-state index in [9.17, 15) is 29.4 Å². The Morgan fingerprint density at radius 1 is 0.676 bits per heavy atom. The maximum absolute atomic E-state index is 13.0. The number of carbonyl (C=O) groups is 4. The van der Waals surface area contributed by atoms with E-state index in [1.807, 2.05) is 99.7 Å². The van der Waals surface area contributed by atoms with E-state index in [0.717, 1.165) is 45.3 Å². The van der Waals surface area contributed by atoms with Crippen molar-refractivity contribution in [3.05, 3.63) is 141 Å². The first-order valence-electron chi connectivity index (χ1n) is 24.1. The van der Waals surface area contributed by atoms with Crippen LogP contribution in [0.15, 0.2) is 97.3 Å². The van der Waals surface area contributed by atoms with Crippen molar-refractivity contribution in [2.24, 2.45) is 31.7 Å². The van der Waals surface area contributed by atoms with Crippen LogP contribution in [0.3, 0.4) is 0 Å². The van der Waals surface area contributed by atoms with Crippen molar-refractivity contribution in [1.29, 1.82) is 0 Å². The second-order valence-electron chi connectivity index (χ2n) is 18.3. The van der Waals surface area contributed by atoms with Gasteiger partial charge in [0.25, 0.3) is 0 Å². The number of nitrogens with two attached hydrogens (primary N) is 1. The lowest BCUT2D eigenvalue weighted by Gasteiger charge is -2.16. The Balaban J connectivity index is 0.000000362. The van der Waals surface area contributed by atoms with Crippen molar-refractivity contribution in [3.63, 3.8) is 0 Å². The lowest BCUT2D eigenvalue weighted by molar-refractivity contribution is -0.119. The molecule has 74 heavy (non-hydrogen) atoms. The third kappa shape index (κ3) is 19.4. The molecule has 2 aromatic heterocycles. The van der Waals surface area contributed by atoms with Gasteiger partial charge in [-0.05, 0) is 124 Å². The van der Waals surface area contributed by atoms with E-state index in [0.29, 0.717) is 71.2 Å². The summed E-state index contributed by atoms with van der Waals surface area (Å²) in [5, 5.41) is 22.4. The Labute approximate surface area is 451 Å². The van der Waals surface area contributed by atoms with Crippen LogP contribution in [0.2, 0.25) is 10.0 Å². The van der Waals surface area contributed by atoms with E-state index < -0.39 is 0 Å². The van der Waals surface area contributed by atoms with Crippen LogP contribution in [0.5, 0.6) is 11.5 Å². The highest BCUT2D eigenvalue weighted by Gasteiger charge is 2.21. The van der Waals surface area contributed by atoms with Crippen LogP contribution in [-0.4, -0.2) is 78.5 Å². The number of aliphatic hydroxyl groups is 2. The maximum Gasteiger partial charge on any atom is 0.218 e. The number of methoxy groups -OCH3 is 1. The van der Waals surface area contributed by atoms with Crippen LogP contribution in [0.1, 0.15) is 130 Å². The van der Waals surface area contributed by atoms with E-state index in [-0.39, 0.29) is 73.4 Å². The molecule has 2 unspecified atom stereocenters. The van der Waals surface area contributed by atoms with Crippen molar-refractivity contribution in [3.8, 4) is 34.0 Å². The molecule has 0 aliphatic carbocycles. The molecule has 1 amide bonds. The van der Waals surface area contributed by atoms with Gasteiger partial charge in [-0.1, -0.05) is 79.2 Å². The molecule has 0 saturated carbocycles.